The molecule has 6 aliphatic rings. The van der Waals surface area contributed by atoms with Gasteiger partial charge in [-0.05, 0) is 193 Å². The lowest BCUT2D eigenvalue weighted by molar-refractivity contribution is 0.0740. The van der Waals surface area contributed by atoms with Gasteiger partial charge >= 0.3 is 0 Å². The fourth-order valence-electron chi connectivity index (χ4n) is 18.1. The van der Waals surface area contributed by atoms with E-state index in [1.54, 1.807) is 11.1 Å². The lowest BCUT2D eigenvalue weighted by Crippen LogP contribution is -2.46. The van der Waals surface area contributed by atoms with Gasteiger partial charge in [0.05, 0.1) is 5.41 Å². The van der Waals surface area contributed by atoms with Gasteiger partial charge in [-0.25, -0.2) is 0 Å². The van der Waals surface area contributed by atoms with Crippen molar-refractivity contribution < 1.29 is 4.42 Å². The predicted octanol–water partition coefficient (Wildman–Crippen LogP) is 19.9. The molecule has 2 heteroatoms. The Morgan fingerprint density at radius 1 is 0.423 bits per heavy atom. The number of benzene rings is 10. The maximum absolute atomic E-state index is 6.43. The summed E-state index contributed by atoms with van der Waals surface area (Å²) in [5, 5.41) is 2.31. The van der Waals surface area contributed by atoms with Crippen LogP contribution in [0.5, 0.6) is 0 Å². The van der Waals surface area contributed by atoms with Crippen LogP contribution in [0.1, 0.15) is 103 Å². The number of nitrogens with zero attached hydrogens (tertiary/aromatic N) is 1. The van der Waals surface area contributed by atoms with E-state index in [9.17, 15) is 0 Å². The van der Waals surface area contributed by atoms with Gasteiger partial charge in [0.25, 0.3) is 0 Å². The molecule has 2 bridgehead atoms. The quantitative estimate of drug-likeness (QED) is 0.165. The fourth-order valence-corrected chi connectivity index (χ4v) is 18.1. The van der Waals surface area contributed by atoms with Crippen LogP contribution in [-0.2, 0) is 16.2 Å². The molecule has 11 aromatic rings. The van der Waals surface area contributed by atoms with E-state index in [4.69, 9.17) is 4.42 Å². The van der Waals surface area contributed by atoms with Gasteiger partial charge in [0.2, 0.25) is 0 Å². The van der Waals surface area contributed by atoms with Gasteiger partial charge in [-0.3, -0.25) is 0 Å². The van der Waals surface area contributed by atoms with E-state index in [1.165, 1.54) is 121 Å². The number of para-hydroxylation sites is 1. The van der Waals surface area contributed by atoms with E-state index in [2.05, 4.69) is 250 Å². The molecule has 1 aromatic heterocycles. The molecule has 0 amide bonds. The number of rotatable bonds is 6. The molecule has 0 saturated heterocycles. The van der Waals surface area contributed by atoms with Crippen molar-refractivity contribution >= 4 is 39.0 Å². The third kappa shape index (κ3) is 5.73. The number of anilines is 3. The van der Waals surface area contributed by atoms with Gasteiger partial charge in [0.1, 0.15) is 11.2 Å². The topological polar surface area (TPSA) is 16.4 Å². The maximum atomic E-state index is 6.43. The zero-order valence-corrected chi connectivity index (χ0v) is 44.6. The molecule has 78 heavy (non-hydrogen) atoms. The standard InChI is InChI=1S/C76H61NO/c1-4-46-40-49-42-48-43-50(41-46)75(49)69-45-53(37-39-67(69)76(66-29-15-10-23-61(66)73(48)75)64-27-13-8-21-57(64)58-22-9-14-28-65(58)76)77(52-36-38-59-56-20-7-12-26-63(56)74(2,3)68(59)44-52)51-34-32-47(33-35-51)54-18-5-6-19-55(54)60-25-17-31-71-72(60)62-24-11-16-30-70(62)78-71/h5-39,44-46,48-50,73H,4,40-43H2,1-3H3/t46-,48+,49+,50-,73?,75?. The average molecular weight is 1000 g/mol. The molecule has 1 heterocycles. The van der Waals surface area contributed by atoms with Crippen LogP contribution in [0.4, 0.5) is 17.1 Å². The first kappa shape index (κ1) is 44.9. The molecule has 10 aromatic carbocycles. The summed E-state index contributed by atoms with van der Waals surface area (Å²) in [6, 6.07) is 86.4. The smallest absolute Gasteiger partial charge is 0.136 e. The van der Waals surface area contributed by atoms with Gasteiger partial charge in [0.15, 0.2) is 0 Å². The van der Waals surface area contributed by atoms with Gasteiger partial charge in [-0.2, -0.15) is 0 Å². The highest BCUT2D eigenvalue weighted by molar-refractivity contribution is 6.13. The van der Waals surface area contributed by atoms with Gasteiger partial charge in [-0.15, -0.1) is 0 Å². The van der Waals surface area contributed by atoms with Crippen molar-refractivity contribution in [3.63, 3.8) is 0 Å². The van der Waals surface area contributed by atoms with Crippen LogP contribution in [0.15, 0.2) is 229 Å². The van der Waals surface area contributed by atoms with E-state index >= 15 is 0 Å². The lowest BCUT2D eigenvalue weighted by atomic mass is 9.52. The van der Waals surface area contributed by atoms with Crippen LogP contribution in [-0.4, -0.2) is 0 Å². The van der Waals surface area contributed by atoms with Crippen LogP contribution < -0.4 is 4.90 Å². The summed E-state index contributed by atoms with van der Waals surface area (Å²) >= 11 is 0. The van der Waals surface area contributed by atoms with E-state index < -0.39 is 5.41 Å². The number of hydrogen-bond donors (Lipinski definition) is 0. The second kappa shape index (κ2) is 16.2. The summed E-state index contributed by atoms with van der Waals surface area (Å²) in [5.41, 5.74) is 26.9. The highest BCUT2D eigenvalue weighted by Crippen LogP contribution is 2.77. The molecular formula is C76H61NO. The average Bonchev–Trinajstić information content (AvgIpc) is 4.38. The van der Waals surface area contributed by atoms with Crippen LogP contribution in [0.3, 0.4) is 0 Å². The highest BCUT2D eigenvalue weighted by atomic mass is 16.3. The van der Waals surface area contributed by atoms with E-state index in [1.807, 2.05) is 0 Å². The molecule has 17 rings (SSSR count). The summed E-state index contributed by atoms with van der Waals surface area (Å²) < 4.78 is 6.43. The van der Waals surface area contributed by atoms with Crippen LogP contribution in [0, 0.1) is 23.7 Å². The summed E-state index contributed by atoms with van der Waals surface area (Å²) in [6.45, 7) is 7.29. The van der Waals surface area contributed by atoms with Crippen LogP contribution in [0.25, 0.3) is 66.4 Å². The molecule has 6 aliphatic carbocycles. The normalized spacial score (nSPS) is 22.8. The van der Waals surface area contributed by atoms with Crippen molar-refractivity contribution in [1.82, 2.24) is 0 Å². The monoisotopic (exact) mass is 1000 g/mol. The zero-order valence-electron chi connectivity index (χ0n) is 44.6. The van der Waals surface area contributed by atoms with Crippen molar-refractivity contribution in [3.8, 4) is 44.5 Å². The number of fused-ring (bicyclic) bond motifs is 15. The Morgan fingerprint density at radius 2 is 0.962 bits per heavy atom. The summed E-state index contributed by atoms with van der Waals surface area (Å²) in [5.74, 6) is 3.18. The predicted molar refractivity (Wildman–Crippen MR) is 321 cm³/mol. The summed E-state index contributed by atoms with van der Waals surface area (Å²) in [6.07, 6.45) is 6.58. The third-order valence-corrected chi connectivity index (χ3v) is 21.0. The van der Waals surface area contributed by atoms with Gasteiger partial charge in [0, 0.05) is 38.7 Å². The van der Waals surface area contributed by atoms with Crippen molar-refractivity contribution in [2.24, 2.45) is 23.7 Å². The minimum Gasteiger partial charge on any atom is -0.456 e. The van der Waals surface area contributed by atoms with Crippen LogP contribution >= 0.6 is 0 Å². The molecule has 376 valence electrons. The van der Waals surface area contributed by atoms with Crippen molar-refractivity contribution in [3.05, 3.63) is 269 Å². The van der Waals surface area contributed by atoms with E-state index in [0.29, 0.717) is 23.7 Å². The first-order valence-electron chi connectivity index (χ1n) is 29.0. The SMILES string of the molecule is CC[C@H]1C[C@@H]2C[C@@H]3C[C@H](C1)C21c2cc(N(c4ccc(-c5ccccc5-c5cccc6oc7ccccc7c56)cc4)c4ccc5c(c4)C(C)(C)c4ccccc4-5)ccc2C2(c4ccccc4-c4ccccc42)c2ccccc2C31. The first-order chi connectivity index (χ1) is 38.4. The Hall–Kier alpha value is -8.20. The molecule has 0 aliphatic heterocycles. The second-order valence-corrected chi connectivity index (χ2v) is 24.5. The summed E-state index contributed by atoms with van der Waals surface area (Å²) in [4.78, 5) is 2.62. The molecule has 3 fully saturated rings. The number of furan rings is 1. The molecule has 6 atom stereocenters. The molecule has 0 radical (unpaired) electrons. The molecule has 2 spiro atoms. The third-order valence-electron chi connectivity index (χ3n) is 21.0. The Labute approximate surface area is 458 Å². The second-order valence-electron chi connectivity index (χ2n) is 24.5. The Morgan fingerprint density at radius 3 is 1.68 bits per heavy atom. The Balaban J connectivity index is 0.905. The minimum atomic E-state index is -0.453. The summed E-state index contributed by atoms with van der Waals surface area (Å²) in [7, 11) is 0. The van der Waals surface area contributed by atoms with Crippen molar-refractivity contribution in [2.75, 3.05) is 4.90 Å². The molecule has 3 saturated carbocycles. The molecule has 0 N–H and O–H groups in total. The highest BCUT2D eigenvalue weighted by Gasteiger charge is 2.70. The largest absolute Gasteiger partial charge is 0.456 e. The van der Waals surface area contributed by atoms with Gasteiger partial charge in [-0.1, -0.05) is 203 Å². The van der Waals surface area contributed by atoms with Crippen molar-refractivity contribution in [2.45, 2.75) is 75.0 Å². The van der Waals surface area contributed by atoms with Crippen LogP contribution in [0.2, 0.25) is 0 Å². The van der Waals surface area contributed by atoms with Gasteiger partial charge < -0.3 is 9.32 Å². The molecule has 2 nitrogen and oxygen atoms in total. The minimum absolute atomic E-state index is 0.0255. The zero-order chi connectivity index (χ0) is 51.6. The number of hydrogen-bond acceptors (Lipinski definition) is 2. The van der Waals surface area contributed by atoms with E-state index in [-0.39, 0.29) is 10.8 Å². The lowest BCUT2D eigenvalue weighted by Gasteiger charge is -2.51. The molecular weight excluding hydrogens is 943 g/mol. The molecule has 2 unspecified atom stereocenters. The Bertz CT molecular complexity index is 4240. The first-order valence-corrected chi connectivity index (χ1v) is 29.0. The fraction of sp³-hybridized carbons (Fsp3) is 0.211. The Kier molecular flexibility index (Phi) is 9.31. The van der Waals surface area contributed by atoms with Crippen molar-refractivity contribution in [1.29, 1.82) is 0 Å². The van der Waals surface area contributed by atoms with E-state index in [0.717, 1.165) is 33.5 Å². The maximum Gasteiger partial charge on any atom is 0.136 e.